The second-order valence-corrected chi connectivity index (χ2v) is 13.9. The van der Waals surface area contributed by atoms with Gasteiger partial charge in [0.25, 0.3) is 0 Å². The average molecular weight is 538 g/mol. The zero-order valence-electron chi connectivity index (χ0n) is 24.2. The van der Waals surface area contributed by atoms with Crippen LogP contribution in [0.2, 0.25) is 0 Å². The summed E-state index contributed by atoms with van der Waals surface area (Å²) in [6.07, 6.45) is 4.63. The molecule has 3 aliphatic carbocycles. The van der Waals surface area contributed by atoms with Crippen LogP contribution < -0.4 is 10.4 Å². The summed E-state index contributed by atoms with van der Waals surface area (Å²) in [6, 6.07) is 5.31. The number of nitrogens with zero attached hydrogens (tertiary/aromatic N) is 1. The van der Waals surface area contributed by atoms with Crippen LogP contribution in [0, 0.1) is 34.0 Å². The lowest BCUT2D eigenvalue weighted by Gasteiger charge is -2.64. The van der Waals surface area contributed by atoms with Crippen molar-refractivity contribution in [3.05, 3.63) is 36.4 Å². The summed E-state index contributed by atoms with van der Waals surface area (Å²) in [4.78, 5) is 28.2. The molecule has 3 saturated carbocycles. The van der Waals surface area contributed by atoms with Gasteiger partial charge in [0.05, 0.1) is 11.7 Å². The minimum atomic E-state index is -1.10. The van der Waals surface area contributed by atoms with Gasteiger partial charge in [0.2, 0.25) is 0 Å². The van der Waals surface area contributed by atoms with Crippen molar-refractivity contribution in [3.8, 4) is 0 Å². The number of hydrogen-bond acceptors (Lipinski definition) is 6. The Kier molecular flexibility index (Phi) is 6.68. The molecule has 2 bridgehead atoms. The van der Waals surface area contributed by atoms with Crippen molar-refractivity contribution in [2.24, 2.45) is 34.0 Å². The van der Waals surface area contributed by atoms with E-state index in [1.807, 2.05) is 49.9 Å². The number of Topliss-reactive ketones (excluding diaryl/α,β-unsaturated/α-hetero) is 1. The molecule has 5 rings (SSSR count). The number of aliphatic hydroxyl groups is 1. The van der Waals surface area contributed by atoms with E-state index in [4.69, 9.17) is 4.65 Å². The number of hydrogen-bond donors (Lipinski definition) is 3. The number of fused-ring (bicyclic) bond motifs is 1. The van der Waals surface area contributed by atoms with Crippen LogP contribution >= 0.6 is 0 Å². The van der Waals surface area contributed by atoms with Gasteiger partial charge in [-0.15, -0.1) is 6.58 Å². The quantitative estimate of drug-likeness (QED) is 0.387. The van der Waals surface area contributed by atoms with Crippen LogP contribution in [0.3, 0.4) is 0 Å². The molecule has 8 heteroatoms. The van der Waals surface area contributed by atoms with Crippen molar-refractivity contribution in [1.29, 1.82) is 0 Å². The summed E-state index contributed by atoms with van der Waals surface area (Å²) in [5.74, 6) is -0.925. The Morgan fingerprint density at radius 2 is 1.92 bits per heavy atom. The standard InChI is InChI=1S/C31H44BNO6/c1-8-29(6)16-24(30(7)18(2)11-13-31(19(3)27(29)37)14-12-23(34)26(30)31)33(17-25(35)36)20-9-10-21-22(15-20)32(38)39-28(21,4)5/h8-10,15,18-19,24,26-27,37-38H,1,11-14,16-17H2,2-7H3,(H,35,36)/t18-,19+,24-,26+,27+,29-,30+,31+/m1/s1. The molecule has 0 saturated heterocycles. The molecular formula is C31H44BNO6. The molecule has 1 aliphatic heterocycles. The van der Waals surface area contributed by atoms with Gasteiger partial charge < -0.3 is 24.8 Å². The van der Waals surface area contributed by atoms with Gasteiger partial charge in [0.1, 0.15) is 12.3 Å². The molecule has 212 valence electrons. The largest absolute Gasteiger partial charge is 0.492 e. The van der Waals surface area contributed by atoms with Gasteiger partial charge in [-0.25, -0.2) is 0 Å². The number of ketones is 1. The normalized spacial score (nSPS) is 40.9. The topological polar surface area (TPSA) is 107 Å². The highest BCUT2D eigenvalue weighted by molar-refractivity contribution is 6.62. The number of aliphatic hydroxyl groups excluding tert-OH is 1. The molecule has 0 amide bonds. The Balaban J connectivity index is 1.74. The highest BCUT2D eigenvalue weighted by Crippen LogP contribution is 2.68. The fourth-order valence-electron chi connectivity index (χ4n) is 9.23. The Bertz CT molecular complexity index is 1200. The Labute approximate surface area is 232 Å². The van der Waals surface area contributed by atoms with Gasteiger partial charge >= 0.3 is 13.1 Å². The van der Waals surface area contributed by atoms with Crippen LogP contribution in [0.1, 0.15) is 79.2 Å². The van der Waals surface area contributed by atoms with E-state index in [0.717, 1.165) is 24.8 Å². The molecule has 8 atom stereocenters. The van der Waals surface area contributed by atoms with E-state index in [2.05, 4.69) is 27.4 Å². The first-order chi connectivity index (χ1) is 18.1. The van der Waals surface area contributed by atoms with Gasteiger partial charge in [-0.05, 0) is 79.9 Å². The molecule has 1 heterocycles. The molecule has 1 aromatic rings. The lowest BCUT2D eigenvalue weighted by atomic mass is 9.43. The van der Waals surface area contributed by atoms with E-state index in [0.29, 0.717) is 24.0 Å². The summed E-state index contributed by atoms with van der Waals surface area (Å²) in [5.41, 5.74) is -0.0434. The number of carboxylic acids is 1. The Morgan fingerprint density at radius 3 is 2.56 bits per heavy atom. The van der Waals surface area contributed by atoms with Crippen molar-refractivity contribution >= 4 is 30.0 Å². The smallest absolute Gasteiger partial charge is 0.480 e. The second-order valence-electron chi connectivity index (χ2n) is 13.9. The zero-order valence-corrected chi connectivity index (χ0v) is 24.2. The average Bonchev–Trinajstić information content (AvgIpc) is 3.35. The maximum Gasteiger partial charge on any atom is 0.492 e. The van der Waals surface area contributed by atoms with Gasteiger partial charge in [-0.2, -0.15) is 0 Å². The summed E-state index contributed by atoms with van der Waals surface area (Å²) in [7, 11) is -1.10. The third-order valence-corrected chi connectivity index (χ3v) is 11.7. The number of carboxylic acid groups (broad SMARTS) is 1. The first kappa shape index (κ1) is 28.4. The highest BCUT2D eigenvalue weighted by atomic mass is 16.5. The fraction of sp³-hybridized carbons (Fsp3) is 0.677. The fourth-order valence-corrected chi connectivity index (χ4v) is 9.23. The summed E-state index contributed by atoms with van der Waals surface area (Å²) >= 11 is 0. The van der Waals surface area contributed by atoms with Gasteiger partial charge in [0, 0.05) is 34.9 Å². The van der Waals surface area contributed by atoms with Crippen LogP contribution in [0.5, 0.6) is 0 Å². The molecule has 4 aliphatic rings. The third-order valence-electron chi connectivity index (χ3n) is 11.7. The monoisotopic (exact) mass is 537 g/mol. The number of aliphatic carboxylic acids is 1. The molecular weight excluding hydrogens is 493 g/mol. The minimum absolute atomic E-state index is 0.0906. The minimum Gasteiger partial charge on any atom is -0.480 e. The lowest BCUT2D eigenvalue weighted by molar-refractivity contribution is -0.164. The van der Waals surface area contributed by atoms with Gasteiger partial charge in [-0.3, -0.25) is 9.59 Å². The van der Waals surface area contributed by atoms with Crippen molar-refractivity contribution < 1.29 is 29.5 Å². The summed E-state index contributed by atoms with van der Waals surface area (Å²) in [6.45, 7) is 16.2. The van der Waals surface area contributed by atoms with E-state index >= 15 is 0 Å². The van der Waals surface area contributed by atoms with Crippen LogP contribution in [0.4, 0.5) is 5.69 Å². The maximum absolute atomic E-state index is 13.8. The zero-order chi connectivity index (χ0) is 28.7. The molecule has 39 heavy (non-hydrogen) atoms. The van der Waals surface area contributed by atoms with Gasteiger partial charge in [-0.1, -0.05) is 39.8 Å². The van der Waals surface area contributed by atoms with Crippen LogP contribution in [0.15, 0.2) is 30.9 Å². The van der Waals surface area contributed by atoms with E-state index in [1.54, 1.807) is 0 Å². The second kappa shape index (κ2) is 9.18. The maximum atomic E-state index is 13.8. The lowest BCUT2D eigenvalue weighted by Crippen LogP contribution is -2.66. The molecule has 3 N–H and O–H groups in total. The Hall–Kier alpha value is -2.16. The molecule has 0 aromatic heterocycles. The van der Waals surface area contributed by atoms with E-state index in [-0.39, 0.29) is 41.5 Å². The predicted molar refractivity (Wildman–Crippen MR) is 152 cm³/mol. The van der Waals surface area contributed by atoms with E-state index in [9.17, 15) is 24.8 Å². The third kappa shape index (κ3) is 3.96. The first-order valence-corrected chi connectivity index (χ1v) is 14.5. The number of benzene rings is 1. The van der Waals surface area contributed by atoms with Gasteiger partial charge in [0.15, 0.2) is 0 Å². The van der Waals surface area contributed by atoms with Crippen molar-refractivity contribution in [2.75, 3.05) is 11.4 Å². The van der Waals surface area contributed by atoms with Crippen LogP contribution in [-0.4, -0.2) is 52.8 Å². The number of anilines is 1. The molecule has 0 radical (unpaired) electrons. The van der Waals surface area contributed by atoms with E-state index < -0.39 is 35.6 Å². The molecule has 0 spiro atoms. The number of rotatable bonds is 5. The SMILES string of the molecule is C=C[C@]1(C)C[C@@H](N(CC(=O)O)c2ccc3c(c2)B(O)OC3(C)C)[C@]2(C)[C@H](C)CC[C@]3(CCC(=O)[C@H]32)[C@@H](C)[C@@H]1O. The van der Waals surface area contributed by atoms with E-state index in [1.165, 1.54) is 0 Å². The van der Waals surface area contributed by atoms with Crippen molar-refractivity contribution in [2.45, 2.75) is 91.4 Å². The molecule has 7 nitrogen and oxygen atoms in total. The number of carbonyl (C=O) groups excluding carboxylic acids is 1. The predicted octanol–water partition coefficient (Wildman–Crippen LogP) is 3.89. The molecule has 1 aromatic carbocycles. The first-order valence-electron chi connectivity index (χ1n) is 14.5. The van der Waals surface area contributed by atoms with Crippen LogP contribution in [0.25, 0.3) is 0 Å². The molecule has 3 fully saturated rings. The highest BCUT2D eigenvalue weighted by Gasteiger charge is 2.68. The van der Waals surface area contributed by atoms with Crippen molar-refractivity contribution in [1.82, 2.24) is 0 Å². The van der Waals surface area contributed by atoms with Crippen molar-refractivity contribution in [3.63, 3.8) is 0 Å². The Morgan fingerprint density at radius 1 is 1.23 bits per heavy atom. The number of carbonyl (C=O) groups is 2. The summed E-state index contributed by atoms with van der Waals surface area (Å²) < 4.78 is 5.80. The molecule has 0 unspecified atom stereocenters. The van der Waals surface area contributed by atoms with Crippen LogP contribution in [-0.2, 0) is 19.8 Å². The summed E-state index contributed by atoms with van der Waals surface area (Å²) in [5, 5.41) is 32.8.